The molecule has 1 aromatic carbocycles. The highest BCUT2D eigenvalue weighted by Gasteiger charge is 2.21. The van der Waals surface area contributed by atoms with E-state index < -0.39 is 0 Å². The minimum absolute atomic E-state index is 0.140. The molecule has 0 atom stereocenters. The molecule has 0 saturated heterocycles. The summed E-state index contributed by atoms with van der Waals surface area (Å²) in [7, 11) is 1.70. The van der Waals surface area contributed by atoms with Crippen LogP contribution in [0.25, 0.3) is 5.69 Å². The molecule has 8 heteroatoms. The lowest BCUT2D eigenvalue weighted by molar-refractivity contribution is 0.0772. The Hall–Kier alpha value is -2.67. The van der Waals surface area contributed by atoms with Gasteiger partial charge in [-0.2, -0.15) is 0 Å². The molecule has 0 N–H and O–H groups in total. The number of rotatable bonds is 4. The van der Waals surface area contributed by atoms with Crippen LogP contribution in [0.4, 0.5) is 0 Å². The molecule has 2 heterocycles. The van der Waals surface area contributed by atoms with E-state index in [0.29, 0.717) is 23.2 Å². The maximum atomic E-state index is 12.7. The smallest absolute Gasteiger partial charge is 0.293 e. The van der Waals surface area contributed by atoms with Gasteiger partial charge in [-0.05, 0) is 45.0 Å². The van der Waals surface area contributed by atoms with E-state index in [1.54, 1.807) is 35.7 Å². The highest BCUT2D eigenvalue weighted by atomic mass is 35.5. The molecule has 3 aromatic rings. The number of carbonyl (C=O) groups is 1. The SMILES string of the molecule is Cc1noc(C)c1CN(C)C(=O)c1nc(C)n(-c2ccc(Cl)cc2)n1. The number of halogens is 1. The van der Waals surface area contributed by atoms with Crippen molar-refractivity contribution >= 4 is 17.5 Å². The summed E-state index contributed by atoms with van der Waals surface area (Å²) in [6.07, 6.45) is 0. The molecule has 0 radical (unpaired) electrons. The highest BCUT2D eigenvalue weighted by molar-refractivity contribution is 6.30. The van der Waals surface area contributed by atoms with Crippen LogP contribution in [0.1, 0.15) is 33.5 Å². The summed E-state index contributed by atoms with van der Waals surface area (Å²) >= 11 is 5.91. The van der Waals surface area contributed by atoms with Crippen molar-refractivity contribution in [2.24, 2.45) is 0 Å². The average Bonchev–Trinajstić information content (AvgIpc) is 3.12. The van der Waals surface area contributed by atoms with Gasteiger partial charge in [0, 0.05) is 17.6 Å². The summed E-state index contributed by atoms with van der Waals surface area (Å²) in [5.41, 5.74) is 2.46. The predicted octanol–water partition coefficient (Wildman–Crippen LogP) is 3.11. The largest absolute Gasteiger partial charge is 0.361 e. The van der Waals surface area contributed by atoms with Gasteiger partial charge in [0.25, 0.3) is 5.91 Å². The third kappa shape index (κ3) is 3.41. The lowest BCUT2D eigenvalue weighted by Gasteiger charge is -2.14. The number of amides is 1. The topological polar surface area (TPSA) is 77.0 Å². The summed E-state index contributed by atoms with van der Waals surface area (Å²) in [4.78, 5) is 18.5. The van der Waals surface area contributed by atoms with Crippen molar-refractivity contribution in [2.75, 3.05) is 7.05 Å². The van der Waals surface area contributed by atoms with Crippen molar-refractivity contribution in [1.82, 2.24) is 24.8 Å². The first kappa shape index (κ1) is 17.2. The summed E-state index contributed by atoms with van der Waals surface area (Å²) in [5, 5.41) is 8.88. The Morgan fingerprint density at radius 2 is 1.92 bits per heavy atom. The second-order valence-electron chi connectivity index (χ2n) is 5.83. The number of carbonyl (C=O) groups excluding carboxylic acids is 1. The average molecular weight is 360 g/mol. The Kier molecular flexibility index (Phi) is 4.59. The van der Waals surface area contributed by atoms with E-state index in [9.17, 15) is 4.79 Å². The quantitative estimate of drug-likeness (QED) is 0.715. The Balaban J connectivity index is 1.83. The van der Waals surface area contributed by atoms with Crippen molar-refractivity contribution in [2.45, 2.75) is 27.3 Å². The molecule has 2 aromatic heterocycles. The molecule has 0 unspecified atom stereocenters. The van der Waals surface area contributed by atoms with Crippen molar-refractivity contribution in [3.63, 3.8) is 0 Å². The summed E-state index contributed by atoms with van der Waals surface area (Å²) in [6.45, 7) is 5.86. The molecule has 0 aliphatic rings. The minimum atomic E-state index is -0.268. The number of nitrogens with zero attached hydrogens (tertiary/aromatic N) is 5. The lowest BCUT2D eigenvalue weighted by Crippen LogP contribution is -2.27. The van der Waals surface area contributed by atoms with E-state index in [4.69, 9.17) is 16.1 Å². The Morgan fingerprint density at radius 1 is 1.24 bits per heavy atom. The van der Waals surface area contributed by atoms with E-state index in [-0.39, 0.29) is 11.7 Å². The molecule has 0 spiro atoms. The summed E-state index contributed by atoms with van der Waals surface area (Å²) in [5.74, 6) is 1.20. The molecule has 0 fully saturated rings. The van der Waals surface area contributed by atoms with Gasteiger partial charge in [0.05, 0.1) is 17.9 Å². The Labute approximate surface area is 150 Å². The fraction of sp³-hybridized carbons (Fsp3) is 0.294. The van der Waals surface area contributed by atoms with Crippen molar-refractivity contribution in [1.29, 1.82) is 0 Å². The second kappa shape index (κ2) is 6.68. The van der Waals surface area contributed by atoms with Gasteiger partial charge < -0.3 is 9.42 Å². The van der Waals surface area contributed by atoms with Crippen molar-refractivity contribution < 1.29 is 9.32 Å². The molecule has 25 heavy (non-hydrogen) atoms. The first-order valence-electron chi connectivity index (χ1n) is 7.73. The zero-order chi connectivity index (χ0) is 18.1. The Bertz CT molecular complexity index is 894. The second-order valence-corrected chi connectivity index (χ2v) is 6.27. The van der Waals surface area contributed by atoms with Crippen LogP contribution >= 0.6 is 11.6 Å². The number of hydrogen-bond acceptors (Lipinski definition) is 5. The molecule has 0 aliphatic heterocycles. The molecule has 1 amide bonds. The van der Waals surface area contributed by atoms with Crippen LogP contribution in [0.15, 0.2) is 28.8 Å². The van der Waals surface area contributed by atoms with E-state index in [1.807, 2.05) is 26.0 Å². The standard InChI is InChI=1S/C17H18ClN5O2/c1-10-15(11(2)25-21-10)9-22(4)17(24)16-19-12(3)23(20-16)14-7-5-13(18)6-8-14/h5-8H,9H2,1-4H3. The van der Waals surface area contributed by atoms with Gasteiger partial charge >= 0.3 is 0 Å². The van der Waals surface area contributed by atoms with Crippen LogP contribution in [0.5, 0.6) is 0 Å². The van der Waals surface area contributed by atoms with E-state index in [2.05, 4.69) is 15.2 Å². The maximum absolute atomic E-state index is 12.7. The predicted molar refractivity (Wildman–Crippen MR) is 92.9 cm³/mol. The van der Waals surface area contributed by atoms with E-state index in [1.165, 1.54) is 0 Å². The highest BCUT2D eigenvalue weighted by Crippen LogP contribution is 2.17. The fourth-order valence-electron chi connectivity index (χ4n) is 2.51. The fourth-order valence-corrected chi connectivity index (χ4v) is 2.64. The normalized spacial score (nSPS) is 10.9. The molecule has 0 saturated carbocycles. The van der Waals surface area contributed by atoms with Crippen LogP contribution in [0, 0.1) is 20.8 Å². The summed E-state index contributed by atoms with van der Waals surface area (Å²) in [6, 6.07) is 7.18. The third-order valence-electron chi connectivity index (χ3n) is 3.95. The zero-order valence-corrected chi connectivity index (χ0v) is 15.2. The first-order valence-corrected chi connectivity index (χ1v) is 8.11. The van der Waals surface area contributed by atoms with Gasteiger partial charge in [-0.25, -0.2) is 9.67 Å². The molecular formula is C17H18ClN5O2. The molecule has 130 valence electrons. The van der Waals surface area contributed by atoms with Gasteiger partial charge in [0.15, 0.2) is 0 Å². The van der Waals surface area contributed by atoms with Gasteiger partial charge in [0.1, 0.15) is 11.6 Å². The monoisotopic (exact) mass is 359 g/mol. The van der Waals surface area contributed by atoms with Crippen LogP contribution in [-0.2, 0) is 6.54 Å². The van der Waals surface area contributed by atoms with Gasteiger partial charge in [-0.1, -0.05) is 16.8 Å². The van der Waals surface area contributed by atoms with Crippen LogP contribution in [0.3, 0.4) is 0 Å². The Morgan fingerprint density at radius 3 is 2.52 bits per heavy atom. The zero-order valence-electron chi connectivity index (χ0n) is 14.4. The van der Waals surface area contributed by atoms with Gasteiger partial charge in [0.2, 0.25) is 5.82 Å². The van der Waals surface area contributed by atoms with E-state index >= 15 is 0 Å². The van der Waals surface area contributed by atoms with Crippen LogP contribution in [-0.4, -0.2) is 37.8 Å². The number of aromatic nitrogens is 4. The first-order chi connectivity index (χ1) is 11.9. The van der Waals surface area contributed by atoms with E-state index in [0.717, 1.165) is 16.9 Å². The number of aryl methyl sites for hydroxylation is 3. The molecule has 0 aliphatic carbocycles. The number of hydrogen-bond donors (Lipinski definition) is 0. The van der Waals surface area contributed by atoms with Gasteiger partial charge in [-0.3, -0.25) is 4.79 Å². The molecule has 7 nitrogen and oxygen atoms in total. The van der Waals surface area contributed by atoms with Gasteiger partial charge in [-0.15, -0.1) is 5.10 Å². The van der Waals surface area contributed by atoms with Crippen molar-refractivity contribution in [3.8, 4) is 5.69 Å². The molecule has 0 bridgehead atoms. The lowest BCUT2D eigenvalue weighted by atomic mass is 10.2. The third-order valence-corrected chi connectivity index (χ3v) is 4.21. The summed E-state index contributed by atoms with van der Waals surface area (Å²) < 4.78 is 6.76. The minimum Gasteiger partial charge on any atom is -0.361 e. The molecular weight excluding hydrogens is 342 g/mol. The van der Waals surface area contributed by atoms with Crippen LogP contribution in [0.2, 0.25) is 5.02 Å². The molecule has 3 rings (SSSR count). The van der Waals surface area contributed by atoms with Crippen LogP contribution < -0.4 is 0 Å². The maximum Gasteiger partial charge on any atom is 0.293 e. The van der Waals surface area contributed by atoms with Crippen molar-refractivity contribution in [3.05, 3.63) is 58.0 Å². The number of benzene rings is 1.